The lowest BCUT2D eigenvalue weighted by Gasteiger charge is -1.92. The van der Waals surface area contributed by atoms with Crippen LogP contribution in [-0.2, 0) is 0 Å². The molecule has 0 atom stereocenters. The lowest BCUT2D eigenvalue weighted by atomic mass is 10.2. The van der Waals surface area contributed by atoms with E-state index >= 15 is 0 Å². The van der Waals surface area contributed by atoms with Gasteiger partial charge in [-0.1, -0.05) is 6.08 Å². The van der Waals surface area contributed by atoms with Crippen molar-refractivity contribution in [3.8, 4) is 0 Å². The predicted molar refractivity (Wildman–Crippen MR) is 44.0 cm³/mol. The van der Waals surface area contributed by atoms with Crippen LogP contribution in [0.2, 0.25) is 0 Å². The van der Waals surface area contributed by atoms with E-state index in [0.29, 0.717) is 0 Å². The van der Waals surface area contributed by atoms with Gasteiger partial charge in [-0.15, -0.1) is 0 Å². The van der Waals surface area contributed by atoms with Crippen molar-refractivity contribution in [3.05, 3.63) is 12.3 Å². The molecule has 2 heteroatoms. The summed E-state index contributed by atoms with van der Waals surface area (Å²) in [5.74, 6) is 1.24. The molecule has 0 aromatic rings. The van der Waals surface area contributed by atoms with Crippen LogP contribution in [0.1, 0.15) is 19.3 Å². The largest absolute Gasteiger partial charge is 0.516 e. The number of hydrogen-bond acceptors (Lipinski definition) is 2. The Balaban J connectivity index is 2.75. The van der Waals surface area contributed by atoms with E-state index in [1.54, 1.807) is 6.08 Å². The first-order valence-corrected chi connectivity index (χ1v) is 4.59. The fraction of sp³-hybridized carbons (Fsp3) is 0.714. The van der Waals surface area contributed by atoms with Gasteiger partial charge in [-0.2, -0.15) is 11.8 Å². The standard InChI is InChI=1S/C7H14OS/c1-9-7-5-3-2-4-6-8/h4,6,8H,2-3,5,7H2,1H3. The quantitative estimate of drug-likeness (QED) is 0.475. The summed E-state index contributed by atoms with van der Waals surface area (Å²) in [7, 11) is 0. The van der Waals surface area contributed by atoms with Gasteiger partial charge in [0.1, 0.15) is 0 Å². The summed E-state index contributed by atoms with van der Waals surface area (Å²) >= 11 is 1.87. The summed E-state index contributed by atoms with van der Waals surface area (Å²) in [6.45, 7) is 0. The summed E-state index contributed by atoms with van der Waals surface area (Å²) in [4.78, 5) is 0. The number of allylic oxidation sites excluding steroid dienone is 1. The average Bonchev–Trinajstić information content (AvgIpc) is 1.89. The van der Waals surface area contributed by atoms with E-state index in [1.165, 1.54) is 18.6 Å². The van der Waals surface area contributed by atoms with Gasteiger partial charge in [-0.25, -0.2) is 0 Å². The average molecular weight is 146 g/mol. The van der Waals surface area contributed by atoms with Gasteiger partial charge in [0.2, 0.25) is 0 Å². The van der Waals surface area contributed by atoms with Crippen molar-refractivity contribution in [2.45, 2.75) is 19.3 Å². The van der Waals surface area contributed by atoms with E-state index in [0.717, 1.165) is 12.7 Å². The zero-order valence-corrected chi connectivity index (χ0v) is 6.66. The second kappa shape index (κ2) is 7.89. The third kappa shape index (κ3) is 7.89. The highest BCUT2D eigenvalue weighted by Crippen LogP contribution is 2.01. The highest BCUT2D eigenvalue weighted by Gasteiger charge is 1.82. The number of thioether (sulfide) groups is 1. The van der Waals surface area contributed by atoms with Gasteiger partial charge in [0.25, 0.3) is 0 Å². The molecule has 9 heavy (non-hydrogen) atoms. The molecule has 0 radical (unpaired) electrons. The normalized spacial score (nSPS) is 10.8. The zero-order valence-electron chi connectivity index (χ0n) is 5.84. The Morgan fingerprint density at radius 2 is 2.22 bits per heavy atom. The Kier molecular flexibility index (Phi) is 7.79. The SMILES string of the molecule is CSCCCCC=CO. The van der Waals surface area contributed by atoms with Gasteiger partial charge < -0.3 is 5.11 Å². The number of unbranched alkanes of at least 4 members (excludes halogenated alkanes) is 2. The molecular formula is C7H14OS. The lowest BCUT2D eigenvalue weighted by Crippen LogP contribution is -1.76. The molecule has 0 fully saturated rings. The summed E-state index contributed by atoms with van der Waals surface area (Å²) in [6.07, 6.45) is 8.49. The molecule has 0 aliphatic rings. The third-order valence-corrected chi connectivity index (χ3v) is 1.77. The molecule has 0 spiro atoms. The molecule has 0 amide bonds. The fourth-order valence-corrected chi connectivity index (χ4v) is 1.08. The van der Waals surface area contributed by atoms with Crippen molar-refractivity contribution < 1.29 is 5.11 Å². The smallest absolute Gasteiger partial charge is 0.0751 e. The van der Waals surface area contributed by atoms with Crippen LogP contribution in [0.3, 0.4) is 0 Å². The maximum atomic E-state index is 8.24. The van der Waals surface area contributed by atoms with Crippen LogP contribution >= 0.6 is 11.8 Å². The minimum Gasteiger partial charge on any atom is -0.516 e. The van der Waals surface area contributed by atoms with Crippen LogP contribution in [0.4, 0.5) is 0 Å². The maximum absolute atomic E-state index is 8.24. The second-order valence-electron chi connectivity index (χ2n) is 1.87. The highest BCUT2D eigenvalue weighted by molar-refractivity contribution is 7.98. The van der Waals surface area contributed by atoms with E-state index in [4.69, 9.17) is 5.11 Å². The summed E-state index contributed by atoms with van der Waals surface area (Å²) < 4.78 is 0. The molecule has 1 nitrogen and oxygen atoms in total. The van der Waals surface area contributed by atoms with Crippen molar-refractivity contribution >= 4 is 11.8 Å². The number of rotatable bonds is 5. The first-order chi connectivity index (χ1) is 4.41. The summed E-state index contributed by atoms with van der Waals surface area (Å²) in [6, 6.07) is 0. The lowest BCUT2D eigenvalue weighted by molar-refractivity contribution is 0.470. The van der Waals surface area contributed by atoms with Gasteiger partial charge in [-0.3, -0.25) is 0 Å². The summed E-state index contributed by atoms with van der Waals surface area (Å²) in [5, 5.41) is 8.24. The Labute approximate surface area is 61.2 Å². The van der Waals surface area contributed by atoms with Crippen LogP contribution in [0.25, 0.3) is 0 Å². The second-order valence-corrected chi connectivity index (χ2v) is 2.86. The first-order valence-electron chi connectivity index (χ1n) is 3.20. The van der Waals surface area contributed by atoms with E-state index in [2.05, 4.69) is 6.26 Å². The Morgan fingerprint density at radius 3 is 2.78 bits per heavy atom. The number of aliphatic hydroxyl groups is 1. The molecule has 0 saturated carbocycles. The molecular weight excluding hydrogens is 132 g/mol. The predicted octanol–water partition coefficient (Wildman–Crippen LogP) is 2.59. The molecule has 0 unspecified atom stereocenters. The van der Waals surface area contributed by atoms with Crippen molar-refractivity contribution in [2.24, 2.45) is 0 Å². The van der Waals surface area contributed by atoms with E-state index in [9.17, 15) is 0 Å². The molecule has 0 aliphatic heterocycles. The Bertz CT molecular complexity index is 71.3. The van der Waals surface area contributed by atoms with Crippen LogP contribution in [0, 0.1) is 0 Å². The third-order valence-electron chi connectivity index (χ3n) is 1.07. The monoisotopic (exact) mass is 146 g/mol. The number of aliphatic hydroxyl groups excluding tert-OH is 1. The van der Waals surface area contributed by atoms with Gasteiger partial charge in [0.15, 0.2) is 0 Å². The van der Waals surface area contributed by atoms with Crippen molar-refractivity contribution in [1.29, 1.82) is 0 Å². The molecule has 0 saturated heterocycles. The topological polar surface area (TPSA) is 20.2 Å². The zero-order chi connectivity index (χ0) is 6.95. The van der Waals surface area contributed by atoms with Gasteiger partial charge >= 0.3 is 0 Å². The van der Waals surface area contributed by atoms with Gasteiger partial charge in [-0.05, 0) is 31.3 Å². The number of hydrogen-bond donors (Lipinski definition) is 1. The van der Waals surface area contributed by atoms with Gasteiger partial charge in [0, 0.05) is 0 Å². The van der Waals surface area contributed by atoms with E-state index < -0.39 is 0 Å². The highest BCUT2D eigenvalue weighted by atomic mass is 32.2. The Hall–Kier alpha value is -0.110. The summed E-state index contributed by atoms with van der Waals surface area (Å²) in [5.41, 5.74) is 0. The van der Waals surface area contributed by atoms with Crippen LogP contribution in [0.15, 0.2) is 12.3 Å². The molecule has 0 aromatic heterocycles. The van der Waals surface area contributed by atoms with Crippen LogP contribution in [-0.4, -0.2) is 17.1 Å². The van der Waals surface area contributed by atoms with Crippen molar-refractivity contribution in [2.75, 3.05) is 12.0 Å². The molecule has 54 valence electrons. The van der Waals surface area contributed by atoms with Crippen molar-refractivity contribution in [1.82, 2.24) is 0 Å². The minimum atomic E-state index is 1.01. The van der Waals surface area contributed by atoms with Gasteiger partial charge in [0.05, 0.1) is 6.26 Å². The molecule has 0 rings (SSSR count). The Morgan fingerprint density at radius 1 is 1.44 bits per heavy atom. The minimum absolute atomic E-state index is 1.01. The fourth-order valence-electron chi connectivity index (χ4n) is 0.583. The van der Waals surface area contributed by atoms with Crippen LogP contribution in [0.5, 0.6) is 0 Å². The first kappa shape index (κ1) is 8.89. The molecule has 0 aliphatic carbocycles. The molecule has 0 bridgehead atoms. The van der Waals surface area contributed by atoms with Crippen LogP contribution < -0.4 is 0 Å². The molecule has 0 aromatic carbocycles. The maximum Gasteiger partial charge on any atom is 0.0751 e. The molecule has 1 N–H and O–H groups in total. The molecule has 0 heterocycles. The van der Waals surface area contributed by atoms with E-state index in [1.807, 2.05) is 11.8 Å². The van der Waals surface area contributed by atoms with Crippen molar-refractivity contribution in [3.63, 3.8) is 0 Å². The van der Waals surface area contributed by atoms with E-state index in [-0.39, 0.29) is 0 Å².